The van der Waals surface area contributed by atoms with Gasteiger partial charge in [-0.15, -0.1) is 5.10 Å². The second-order valence-corrected chi connectivity index (χ2v) is 5.08. The van der Waals surface area contributed by atoms with E-state index in [4.69, 9.17) is 0 Å². The number of aliphatic hydroxyl groups is 1. The van der Waals surface area contributed by atoms with Crippen LogP contribution in [0, 0.1) is 0 Å². The van der Waals surface area contributed by atoms with Crippen molar-refractivity contribution in [2.24, 2.45) is 0 Å². The van der Waals surface area contributed by atoms with Crippen LogP contribution in [0.25, 0.3) is 0 Å². The third-order valence-corrected chi connectivity index (χ3v) is 3.67. The lowest BCUT2D eigenvalue weighted by atomic mass is 10.1. The maximum absolute atomic E-state index is 9.49. The first-order valence-electron chi connectivity index (χ1n) is 6.85. The van der Waals surface area contributed by atoms with Gasteiger partial charge in [-0.25, -0.2) is 9.67 Å². The highest BCUT2D eigenvalue weighted by Crippen LogP contribution is 2.24. The second-order valence-electron chi connectivity index (χ2n) is 5.08. The first-order valence-corrected chi connectivity index (χ1v) is 6.85. The summed E-state index contributed by atoms with van der Waals surface area (Å²) in [6, 6.07) is 0.336. The fourth-order valence-electron chi connectivity index (χ4n) is 2.47. The van der Waals surface area contributed by atoms with Crippen molar-refractivity contribution >= 4 is 5.82 Å². The maximum Gasteiger partial charge on any atom is 0.147 e. The van der Waals surface area contributed by atoms with E-state index in [1.165, 1.54) is 0 Å². The third-order valence-electron chi connectivity index (χ3n) is 3.67. The summed E-state index contributed by atoms with van der Waals surface area (Å²) >= 11 is 0. The Hall–Kier alpha value is -2.02. The molecular weight excluding hydrogens is 256 g/mol. The Morgan fingerprint density at radius 3 is 2.70 bits per heavy atom. The van der Waals surface area contributed by atoms with Crippen molar-refractivity contribution in [3.05, 3.63) is 30.5 Å². The van der Waals surface area contributed by atoms with Gasteiger partial charge < -0.3 is 10.0 Å². The molecule has 0 radical (unpaired) electrons. The van der Waals surface area contributed by atoms with Gasteiger partial charge in [0.15, 0.2) is 0 Å². The molecular formula is C13H18N6O. The standard InChI is InChI=1S/C13H18N6O/c1-10(20)12-9-19(17-16-12)11-2-6-18(7-3-11)13-8-14-4-5-15-13/h4-5,8-11,20H,2-3,6-7H2,1H3/t10-/m1/s1. The molecule has 2 aromatic heterocycles. The van der Waals surface area contributed by atoms with Crippen LogP contribution in [0.15, 0.2) is 24.8 Å². The van der Waals surface area contributed by atoms with E-state index in [1.54, 1.807) is 25.5 Å². The van der Waals surface area contributed by atoms with Gasteiger partial charge in [0, 0.05) is 25.5 Å². The van der Waals surface area contributed by atoms with Crippen LogP contribution >= 0.6 is 0 Å². The van der Waals surface area contributed by atoms with Crippen molar-refractivity contribution in [2.75, 3.05) is 18.0 Å². The molecule has 1 fully saturated rings. The monoisotopic (exact) mass is 274 g/mol. The maximum atomic E-state index is 9.49. The average Bonchev–Trinajstić information content (AvgIpc) is 2.98. The van der Waals surface area contributed by atoms with Crippen LogP contribution in [0.5, 0.6) is 0 Å². The quantitative estimate of drug-likeness (QED) is 0.898. The number of piperidine rings is 1. The molecule has 1 atom stereocenters. The molecule has 1 aliphatic rings. The molecule has 7 nitrogen and oxygen atoms in total. The highest BCUT2D eigenvalue weighted by atomic mass is 16.3. The summed E-state index contributed by atoms with van der Waals surface area (Å²) in [6.07, 6.45) is 8.44. The number of nitrogens with zero attached hydrogens (tertiary/aromatic N) is 6. The van der Waals surface area contributed by atoms with Crippen molar-refractivity contribution < 1.29 is 5.11 Å². The number of hydrogen-bond acceptors (Lipinski definition) is 6. The highest BCUT2D eigenvalue weighted by Gasteiger charge is 2.22. The first kappa shape index (κ1) is 13.0. The Balaban J connectivity index is 1.63. The summed E-state index contributed by atoms with van der Waals surface area (Å²) in [5, 5.41) is 17.6. The minimum absolute atomic E-state index is 0.336. The molecule has 1 N–H and O–H groups in total. The summed E-state index contributed by atoms with van der Waals surface area (Å²) in [6.45, 7) is 3.55. The van der Waals surface area contributed by atoms with Gasteiger partial charge in [-0.1, -0.05) is 5.21 Å². The molecule has 0 aliphatic carbocycles. The van der Waals surface area contributed by atoms with Gasteiger partial charge in [0.25, 0.3) is 0 Å². The zero-order valence-electron chi connectivity index (χ0n) is 11.4. The Bertz CT molecular complexity index is 547. The van der Waals surface area contributed by atoms with Gasteiger partial charge in [0.1, 0.15) is 11.5 Å². The van der Waals surface area contributed by atoms with Gasteiger partial charge in [-0.05, 0) is 19.8 Å². The van der Waals surface area contributed by atoms with Crippen molar-refractivity contribution in [1.82, 2.24) is 25.0 Å². The van der Waals surface area contributed by atoms with Crippen LogP contribution in [0.3, 0.4) is 0 Å². The Kier molecular flexibility index (Phi) is 3.60. The van der Waals surface area contributed by atoms with Crippen LogP contribution in [0.4, 0.5) is 5.82 Å². The van der Waals surface area contributed by atoms with Gasteiger partial charge in [0.2, 0.25) is 0 Å². The molecule has 0 saturated carbocycles. The fourth-order valence-corrected chi connectivity index (χ4v) is 2.47. The number of aliphatic hydroxyl groups excluding tert-OH is 1. The predicted molar refractivity (Wildman–Crippen MR) is 73.2 cm³/mol. The zero-order valence-corrected chi connectivity index (χ0v) is 11.4. The average molecular weight is 274 g/mol. The topological polar surface area (TPSA) is 80.0 Å². The third kappa shape index (κ3) is 2.62. The Morgan fingerprint density at radius 2 is 2.10 bits per heavy atom. The van der Waals surface area contributed by atoms with E-state index in [1.807, 2.05) is 10.9 Å². The van der Waals surface area contributed by atoms with E-state index in [0.29, 0.717) is 11.7 Å². The molecule has 1 saturated heterocycles. The zero-order chi connectivity index (χ0) is 13.9. The normalized spacial score (nSPS) is 18.2. The van der Waals surface area contributed by atoms with Crippen molar-refractivity contribution in [3.63, 3.8) is 0 Å². The van der Waals surface area contributed by atoms with E-state index in [2.05, 4.69) is 25.2 Å². The lowest BCUT2D eigenvalue weighted by molar-refractivity contribution is 0.194. The van der Waals surface area contributed by atoms with Crippen LogP contribution in [-0.4, -0.2) is 43.2 Å². The predicted octanol–water partition coefficient (Wildman–Crippen LogP) is 0.963. The number of hydrogen-bond donors (Lipinski definition) is 1. The fraction of sp³-hybridized carbons (Fsp3) is 0.538. The first-order chi connectivity index (χ1) is 9.74. The molecule has 3 heterocycles. The van der Waals surface area contributed by atoms with Gasteiger partial charge in [-0.2, -0.15) is 0 Å². The minimum Gasteiger partial charge on any atom is -0.387 e. The van der Waals surface area contributed by atoms with E-state index in [-0.39, 0.29) is 0 Å². The second kappa shape index (κ2) is 5.54. The molecule has 3 rings (SSSR count). The molecule has 0 bridgehead atoms. The molecule has 0 aromatic carbocycles. The van der Waals surface area contributed by atoms with Gasteiger partial charge >= 0.3 is 0 Å². The number of aromatic nitrogens is 5. The summed E-state index contributed by atoms with van der Waals surface area (Å²) in [5.74, 6) is 0.925. The van der Waals surface area contributed by atoms with Crippen LogP contribution < -0.4 is 4.90 Å². The van der Waals surface area contributed by atoms with E-state index in [9.17, 15) is 5.11 Å². The lowest BCUT2D eigenvalue weighted by Crippen LogP contribution is -2.35. The van der Waals surface area contributed by atoms with Crippen molar-refractivity contribution in [1.29, 1.82) is 0 Å². The molecule has 1 aliphatic heterocycles. The van der Waals surface area contributed by atoms with E-state index in [0.717, 1.165) is 31.7 Å². The molecule has 0 unspecified atom stereocenters. The van der Waals surface area contributed by atoms with Crippen LogP contribution in [0.2, 0.25) is 0 Å². The Labute approximate surface area is 117 Å². The summed E-state index contributed by atoms with van der Waals surface area (Å²) < 4.78 is 1.87. The summed E-state index contributed by atoms with van der Waals surface area (Å²) in [4.78, 5) is 10.7. The lowest BCUT2D eigenvalue weighted by Gasteiger charge is -2.32. The number of rotatable bonds is 3. The SMILES string of the molecule is C[C@@H](O)c1cn(C2CCN(c3cnccn3)CC2)nn1. The minimum atomic E-state index is -0.566. The largest absolute Gasteiger partial charge is 0.387 e. The van der Waals surface area contributed by atoms with E-state index < -0.39 is 6.10 Å². The molecule has 0 spiro atoms. The Morgan fingerprint density at radius 1 is 1.30 bits per heavy atom. The van der Waals surface area contributed by atoms with Gasteiger partial charge in [-0.3, -0.25) is 4.98 Å². The summed E-state index contributed by atoms with van der Waals surface area (Å²) in [5.41, 5.74) is 0.626. The van der Waals surface area contributed by atoms with Crippen molar-refractivity contribution in [3.8, 4) is 0 Å². The number of anilines is 1. The highest BCUT2D eigenvalue weighted by molar-refractivity contribution is 5.35. The van der Waals surface area contributed by atoms with E-state index >= 15 is 0 Å². The van der Waals surface area contributed by atoms with Crippen LogP contribution in [0.1, 0.15) is 37.6 Å². The van der Waals surface area contributed by atoms with Crippen molar-refractivity contribution in [2.45, 2.75) is 31.9 Å². The summed E-state index contributed by atoms with van der Waals surface area (Å²) in [7, 11) is 0. The molecule has 20 heavy (non-hydrogen) atoms. The molecule has 7 heteroatoms. The molecule has 0 amide bonds. The molecule has 2 aromatic rings. The van der Waals surface area contributed by atoms with Gasteiger partial charge in [0.05, 0.1) is 24.5 Å². The molecule has 106 valence electrons. The van der Waals surface area contributed by atoms with Crippen LogP contribution in [-0.2, 0) is 0 Å². The smallest absolute Gasteiger partial charge is 0.147 e.